The summed E-state index contributed by atoms with van der Waals surface area (Å²) in [6, 6.07) is 2.47. The lowest BCUT2D eigenvalue weighted by molar-refractivity contribution is 0.0361. The molecule has 0 aliphatic carbocycles. The lowest BCUT2D eigenvalue weighted by Crippen LogP contribution is -2.27. The van der Waals surface area contributed by atoms with E-state index in [1.165, 1.54) is 12.8 Å². The maximum atomic E-state index is 9.06. The monoisotopic (exact) mass is 167 g/mol. The number of unbranched alkanes of at least 4 members (excludes halogenated alkanes) is 1. The Morgan fingerprint density at radius 2 is 2.08 bits per heavy atom. The highest BCUT2D eigenvalue weighted by molar-refractivity contribution is 4.99. The minimum Gasteiger partial charge on any atom is -0.381 e. The summed E-state index contributed by atoms with van der Waals surface area (Å²) in [4.78, 5) is 0. The van der Waals surface area contributed by atoms with E-state index in [1.807, 2.05) is 0 Å². The van der Waals surface area contributed by atoms with Crippen molar-refractivity contribution in [3.8, 4) is 6.07 Å². The molecule has 0 aromatic heterocycles. The highest BCUT2D eigenvalue weighted by Gasteiger charge is 2.31. The summed E-state index contributed by atoms with van der Waals surface area (Å²) in [5, 5.41) is 9.06. The van der Waals surface area contributed by atoms with Crippen molar-refractivity contribution in [1.82, 2.24) is 0 Å². The zero-order chi connectivity index (χ0) is 8.86. The Hall–Kier alpha value is -0.550. The summed E-state index contributed by atoms with van der Waals surface area (Å²) in [5.41, 5.74) is -0.0474. The first kappa shape index (κ1) is 9.54. The van der Waals surface area contributed by atoms with E-state index in [0.29, 0.717) is 0 Å². The van der Waals surface area contributed by atoms with E-state index in [2.05, 4.69) is 13.0 Å². The number of rotatable bonds is 3. The SMILES string of the molecule is CCCCC1(C#N)CCOCC1. The Kier molecular flexibility index (Phi) is 3.55. The van der Waals surface area contributed by atoms with Crippen LogP contribution in [0.4, 0.5) is 0 Å². The second-order valence-corrected chi connectivity index (χ2v) is 3.61. The van der Waals surface area contributed by atoms with Gasteiger partial charge in [-0.1, -0.05) is 19.8 Å². The number of nitrogens with zero attached hydrogens (tertiary/aromatic N) is 1. The minimum atomic E-state index is -0.0474. The highest BCUT2D eigenvalue weighted by Crippen LogP contribution is 2.34. The van der Waals surface area contributed by atoms with Crippen molar-refractivity contribution >= 4 is 0 Å². The molecule has 0 unspecified atom stereocenters. The van der Waals surface area contributed by atoms with Gasteiger partial charge in [0.15, 0.2) is 0 Å². The van der Waals surface area contributed by atoms with Crippen molar-refractivity contribution in [2.24, 2.45) is 5.41 Å². The molecule has 12 heavy (non-hydrogen) atoms. The molecule has 0 spiro atoms. The Morgan fingerprint density at radius 3 is 2.58 bits per heavy atom. The van der Waals surface area contributed by atoms with E-state index < -0.39 is 0 Å². The minimum absolute atomic E-state index is 0.0474. The van der Waals surface area contributed by atoms with Crippen LogP contribution in [0.15, 0.2) is 0 Å². The van der Waals surface area contributed by atoms with E-state index in [-0.39, 0.29) is 5.41 Å². The molecule has 1 saturated heterocycles. The maximum absolute atomic E-state index is 9.06. The zero-order valence-electron chi connectivity index (χ0n) is 7.81. The molecule has 1 fully saturated rings. The third-order valence-corrected chi connectivity index (χ3v) is 2.70. The lowest BCUT2D eigenvalue weighted by Gasteiger charge is -2.30. The summed E-state index contributed by atoms with van der Waals surface area (Å²) in [5.74, 6) is 0. The zero-order valence-corrected chi connectivity index (χ0v) is 7.81. The Morgan fingerprint density at radius 1 is 1.42 bits per heavy atom. The third kappa shape index (κ3) is 2.22. The van der Waals surface area contributed by atoms with E-state index in [0.717, 1.165) is 32.5 Å². The van der Waals surface area contributed by atoms with Crippen molar-refractivity contribution in [3.05, 3.63) is 0 Å². The molecule has 0 aromatic carbocycles. The Bertz CT molecular complexity index is 165. The maximum Gasteiger partial charge on any atom is 0.0691 e. The quantitative estimate of drug-likeness (QED) is 0.647. The fraction of sp³-hybridized carbons (Fsp3) is 0.900. The molecule has 1 aliphatic rings. The van der Waals surface area contributed by atoms with Gasteiger partial charge in [-0.25, -0.2) is 0 Å². The van der Waals surface area contributed by atoms with Gasteiger partial charge in [-0.15, -0.1) is 0 Å². The molecule has 0 radical (unpaired) electrons. The second kappa shape index (κ2) is 4.47. The van der Waals surface area contributed by atoms with E-state index in [9.17, 15) is 0 Å². The van der Waals surface area contributed by atoms with Gasteiger partial charge < -0.3 is 4.74 Å². The molecule has 0 atom stereocenters. The summed E-state index contributed by atoms with van der Waals surface area (Å²) < 4.78 is 5.26. The molecule has 0 bridgehead atoms. The standard InChI is InChI=1S/C10H17NO/c1-2-3-4-10(9-11)5-7-12-8-6-10/h2-8H2,1H3. The molecule has 1 rings (SSSR count). The van der Waals surface area contributed by atoms with E-state index in [1.54, 1.807) is 0 Å². The number of nitriles is 1. The average molecular weight is 167 g/mol. The molecule has 1 heterocycles. The second-order valence-electron chi connectivity index (χ2n) is 3.61. The number of hydrogen-bond acceptors (Lipinski definition) is 2. The van der Waals surface area contributed by atoms with Crippen LogP contribution in [0.5, 0.6) is 0 Å². The van der Waals surface area contributed by atoms with Crippen molar-refractivity contribution < 1.29 is 4.74 Å². The molecular weight excluding hydrogens is 150 g/mol. The molecule has 2 nitrogen and oxygen atoms in total. The van der Waals surface area contributed by atoms with Crippen LogP contribution in [-0.4, -0.2) is 13.2 Å². The van der Waals surface area contributed by atoms with Gasteiger partial charge >= 0.3 is 0 Å². The van der Waals surface area contributed by atoms with Crippen LogP contribution in [0, 0.1) is 16.7 Å². The van der Waals surface area contributed by atoms with Gasteiger partial charge in [0.05, 0.1) is 11.5 Å². The topological polar surface area (TPSA) is 33.0 Å². The Balaban J connectivity index is 2.44. The summed E-state index contributed by atoms with van der Waals surface area (Å²) >= 11 is 0. The van der Waals surface area contributed by atoms with Gasteiger partial charge in [0.25, 0.3) is 0 Å². The van der Waals surface area contributed by atoms with Crippen molar-refractivity contribution in [3.63, 3.8) is 0 Å². The van der Waals surface area contributed by atoms with Crippen molar-refractivity contribution in [2.45, 2.75) is 39.0 Å². The van der Waals surface area contributed by atoms with Crippen LogP contribution < -0.4 is 0 Å². The highest BCUT2D eigenvalue weighted by atomic mass is 16.5. The molecule has 68 valence electrons. The molecule has 2 heteroatoms. The van der Waals surface area contributed by atoms with Gasteiger partial charge in [0, 0.05) is 13.2 Å². The first-order chi connectivity index (χ1) is 5.83. The molecule has 0 saturated carbocycles. The third-order valence-electron chi connectivity index (χ3n) is 2.70. The Labute approximate surface area is 74.5 Å². The van der Waals surface area contributed by atoms with Crippen LogP contribution in [0.1, 0.15) is 39.0 Å². The van der Waals surface area contributed by atoms with Gasteiger partial charge in [-0.05, 0) is 19.3 Å². The van der Waals surface area contributed by atoms with Gasteiger partial charge in [0.1, 0.15) is 0 Å². The largest absolute Gasteiger partial charge is 0.381 e. The predicted molar refractivity (Wildman–Crippen MR) is 47.6 cm³/mol. The summed E-state index contributed by atoms with van der Waals surface area (Å²) in [7, 11) is 0. The lowest BCUT2D eigenvalue weighted by atomic mass is 9.77. The average Bonchev–Trinajstić information content (AvgIpc) is 2.16. The van der Waals surface area contributed by atoms with Crippen LogP contribution in [0.3, 0.4) is 0 Å². The van der Waals surface area contributed by atoms with Crippen LogP contribution in [-0.2, 0) is 4.74 Å². The van der Waals surface area contributed by atoms with Crippen molar-refractivity contribution in [1.29, 1.82) is 5.26 Å². The molecule has 1 aliphatic heterocycles. The molecule has 0 amide bonds. The van der Waals surface area contributed by atoms with Gasteiger partial charge in [-0.2, -0.15) is 5.26 Å². The first-order valence-electron chi connectivity index (χ1n) is 4.82. The normalized spacial score (nSPS) is 21.7. The summed E-state index contributed by atoms with van der Waals surface area (Å²) in [6.45, 7) is 3.72. The van der Waals surface area contributed by atoms with Gasteiger partial charge in [-0.3, -0.25) is 0 Å². The number of hydrogen-bond donors (Lipinski definition) is 0. The van der Waals surface area contributed by atoms with E-state index in [4.69, 9.17) is 10.00 Å². The smallest absolute Gasteiger partial charge is 0.0691 e. The molecule has 0 N–H and O–H groups in total. The molecular formula is C10H17NO. The van der Waals surface area contributed by atoms with Crippen LogP contribution in [0.25, 0.3) is 0 Å². The number of ether oxygens (including phenoxy) is 1. The first-order valence-corrected chi connectivity index (χ1v) is 4.82. The predicted octanol–water partition coefficient (Wildman–Crippen LogP) is 2.50. The molecule has 0 aromatic rings. The van der Waals surface area contributed by atoms with E-state index >= 15 is 0 Å². The van der Waals surface area contributed by atoms with Crippen molar-refractivity contribution in [2.75, 3.05) is 13.2 Å². The van der Waals surface area contributed by atoms with Gasteiger partial charge in [0.2, 0.25) is 0 Å². The fourth-order valence-corrected chi connectivity index (χ4v) is 1.70. The fourth-order valence-electron chi connectivity index (χ4n) is 1.70. The van der Waals surface area contributed by atoms with Crippen LogP contribution >= 0.6 is 0 Å². The summed E-state index contributed by atoms with van der Waals surface area (Å²) in [6.07, 6.45) is 5.29. The van der Waals surface area contributed by atoms with Crippen LogP contribution in [0.2, 0.25) is 0 Å².